The monoisotopic (exact) mass is 447 g/mol. The highest BCUT2D eigenvalue weighted by Crippen LogP contribution is 2.29. The van der Waals surface area contributed by atoms with Gasteiger partial charge in [0.25, 0.3) is 0 Å². The van der Waals surface area contributed by atoms with Crippen LogP contribution in [0.5, 0.6) is 0 Å². The molecule has 29 heavy (non-hydrogen) atoms. The van der Waals surface area contributed by atoms with E-state index in [0.29, 0.717) is 31.6 Å². The topological polar surface area (TPSA) is 131 Å². The van der Waals surface area contributed by atoms with Gasteiger partial charge in [-0.2, -0.15) is 0 Å². The number of anilines is 2. The number of primary amides is 1. The van der Waals surface area contributed by atoms with E-state index >= 15 is 0 Å². The van der Waals surface area contributed by atoms with E-state index in [1.165, 1.54) is 0 Å². The van der Waals surface area contributed by atoms with Gasteiger partial charge in [-0.1, -0.05) is 26.0 Å². The summed E-state index contributed by atoms with van der Waals surface area (Å²) in [6.45, 7) is 4.95. The SMILES string of the molecule is CC(C)[C@H](N)C(=O)NCC(=O)Nc1ccccc1N1CCC(C(N)=O)CC1.Cl.Cl. The molecule has 1 aliphatic heterocycles. The molecule has 1 aliphatic rings. The fraction of sp³-hybridized carbons (Fsp3) is 0.526. The van der Waals surface area contributed by atoms with Crippen LogP contribution in [0, 0.1) is 11.8 Å². The standard InChI is InChI=1S/C19H29N5O3.2ClH/c1-12(2)17(20)19(27)22-11-16(25)23-14-5-3-4-6-15(14)24-9-7-13(8-10-24)18(21)26;;/h3-6,12-13,17H,7-11,20H2,1-2H3,(H2,21,26)(H,22,27)(H,23,25);2*1H/t17-;;/m0../s1. The molecule has 0 saturated carbocycles. The first-order valence-corrected chi connectivity index (χ1v) is 9.26. The zero-order valence-electron chi connectivity index (χ0n) is 16.7. The number of halogens is 2. The van der Waals surface area contributed by atoms with Gasteiger partial charge >= 0.3 is 0 Å². The normalized spacial score (nSPS) is 15.0. The molecule has 1 saturated heterocycles. The van der Waals surface area contributed by atoms with Crippen LogP contribution < -0.4 is 27.0 Å². The molecule has 10 heteroatoms. The average molecular weight is 448 g/mol. The molecule has 0 aliphatic carbocycles. The van der Waals surface area contributed by atoms with Crippen molar-refractivity contribution >= 4 is 53.9 Å². The Kier molecular flexibility index (Phi) is 11.6. The molecule has 1 aromatic carbocycles. The number of nitrogens with one attached hydrogen (secondary N) is 2. The van der Waals surface area contributed by atoms with Crippen molar-refractivity contribution in [3.05, 3.63) is 24.3 Å². The summed E-state index contributed by atoms with van der Waals surface area (Å²) >= 11 is 0. The molecule has 2 rings (SSSR count). The van der Waals surface area contributed by atoms with E-state index in [1.54, 1.807) is 0 Å². The van der Waals surface area contributed by atoms with Crippen LogP contribution in [0.1, 0.15) is 26.7 Å². The van der Waals surface area contributed by atoms with Crippen molar-refractivity contribution < 1.29 is 14.4 Å². The lowest BCUT2D eigenvalue weighted by atomic mass is 9.96. The van der Waals surface area contributed by atoms with E-state index in [0.717, 1.165) is 5.69 Å². The third-order valence-corrected chi connectivity index (χ3v) is 4.86. The van der Waals surface area contributed by atoms with Gasteiger partial charge in [-0.3, -0.25) is 14.4 Å². The Labute approximate surface area is 183 Å². The lowest BCUT2D eigenvalue weighted by Crippen LogP contribution is -2.46. The zero-order valence-corrected chi connectivity index (χ0v) is 18.4. The largest absolute Gasteiger partial charge is 0.370 e. The molecule has 6 N–H and O–H groups in total. The summed E-state index contributed by atoms with van der Waals surface area (Å²) in [6, 6.07) is 6.83. The lowest BCUT2D eigenvalue weighted by Gasteiger charge is -2.33. The van der Waals surface area contributed by atoms with Crippen LogP contribution in [-0.2, 0) is 14.4 Å². The fourth-order valence-corrected chi connectivity index (χ4v) is 3.04. The Balaban J connectivity index is 0.00000392. The minimum atomic E-state index is -0.642. The molecule has 3 amide bonds. The number of nitrogens with zero attached hydrogens (tertiary/aromatic N) is 1. The summed E-state index contributed by atoms with van der Waals surface area (Å²) in [5.41, 5.74) is 12.7. The maximum atomic E-state index is 12.2. The molecule has 1 fully saturated rings. The van der Waals surface area contributed by atoms with Crippen LogP contribution in [0.15, 0.2) is 24.3 Å². The highest BCUT2D eigenvalue weighted by molar-refractivity contribution is 5.97. The van der Waals surface area contributed by atoms with Gasteiger partial charge in [-0.05, 0) is 30.9 Å². The highest BCUT2D eigenvalue weighted by atomic mass is 35.5. The first-order chi connectivity index (χ1) is 12.8. The molecule has 1 heterocycles. The summed E-state index contributed by atoms with van der Waals surface area (Å²) < 4.78 is 0. The van der Waals surface area contributed by atoms with Crippen molar-refractivity contribution in [2.75, 3.05) is 29.9 Å². The Hall–Kier alpha value is -2.03. The van der Waals surface area contributed by atoms with Crippen molar-refractivity contribution in [3.8, 4) is 0 Å². The number of hydrogen-bond acceptors (Lipinski definition) is 5. The summed E-state index contributed by atoms with van der Waals surface area (Å²) in [4.78, 5) is 37.6. The Morgan fingerprint density at radius 3 is 2.28 bits per heavy atom. The number of para-hydroxylation sites is 2. The molecule has 164 valence electrons. The number of nitrogens with two attached hydrogens (primary N) is 2. The van der Waals surface area contributed by atoms with E-state index in [2.05, 4.69) is 15.5 Å². The average Bonchev–Trinajstić information content (AvgIpc) is 2.66. The Morgan fingerprint density at radius 1 is 1.14 bits per heavy atom. The van der Waals surface area contributed by atoms with Gasteiger partial charge in [0, 0.05) is 19.0 Å². The van der Waals surface area contributed by atoms with Crippen molar-refractivity contribution in [3.63, 3.8) is 0 Å². The van der Waals surface area contributed by atoms with E-state index in [9.17, 15) is 14.4 Å². The van der Waals surface area contributed by atoms with Crippen molar-refractivity contribution in [1.82, 2.24) is 5.32 Å². The van der Waals surface area contributed by atoms with Crippen molar-refractivity contribution in [1.29, 1.82) is 0 Å². The Morgan fingerprint density at radius 2 is 1.72 bits per heavy atom. The van der Waals surface area contributed by atoms with Gasteiger partial charge in [0.1, 0.15) is 0 Å². The number of amides is 3. The van der Waals surface area contributed by atoms with Crippen molar-refractivity contribution in [2.45, 2.75) is 32.7 Å². The summed E-state index contributed by atoms with van der Waals surface area (Å²) in [5, 5.41) is 5.40. The summed E-state index contributed by atoms with van der Waals surface area (Å²) in [6.07, 6.45) is 1.39. The molecule has 0 aromatic heterocycles. The van der Waals surface area contributed by atoms with Crippen molar-refractivity contribution in [2.24, 2.45) is 23.3 Å². The minimum Gasteiger partial charge on any atom is -0.370 e. The van der Waals surface area contributed by atoms with Crippen LogP contribution in [0.25, 0.3) is 0 Å². The molecule has 0 radical (unpaired) electrons. The molecule has 0 unspecified atom stereocenters. The van der Waals surface area contributed by atoms with Gasteiger partial charge in [0.05, 0.1) is 24.0 Å². The number of hydrogen-bond donors (Lipinski definition) is 4. The number of carbonyl (C=O) groups excluding carboxylic acids is 3. The second kappa shape index (κ2) is 12.5. The molecule has 0 bridgehead atoms. The minimum absolute atomic E-state index is 0. The van der Waals surface area contributed by atoms with Gasteiger partial charge in [0.2, 0.25) is 17.7 Å². The highest BCUT2D eigenvalue weighted by Gasteiger charge is 2.24. The van der Waals surface area contributed by atoms with Gasteiger partial charge in [-0.25, -0.2) is 0 Å². The molecule has 0 spiro atoms. The van der Waals surface area contributed by atoms with E-state index in [1.807, 2.05) is 38.1 Å². The predicted octanol–water partition coefficient (Wildman–Crippen LogP) is 1.27. The van der Waals surface area contributed by atoms with Gasteiger partial charge in [0.15, 0.2) is 0 Å². The fourth-order valence-electron chi connectivity index (χ4n) is 3.04. The number of carbonyl (C=O) groups is 3. The Bertz CT molecular complexity index is 694. The summed E-state index contributed by atoms with van der Waals surface area (Å²) in [7, 11) is 0. The van der Waals surface area contributed by atoms with Crippen LogP contribution in [-0.4, -0.2) is 43.4 Å². The second-order valence-corrected chi connectivity index (χ2v) is 7.22. The maximum Gasteiger partial charge on any atom is 0.243 e. The van der Waals surface area contributed by atoms with Crippen LogP contribution in [0.4, 0.5) is 11.4 Å². The van der Waals surface area contributed by atoms with Crippen LogP contribution in [0.3, 0.4) is 0 Å². The smallest absolute Gasteiger partial charge is 0.243 e. The molecule has 1 aromatic rings. The number of piperidine rings is 1. The molecule has 8 nitrogen and oxygen atoms in total. The van der Waals surface area contributed by atoms with Gasteiger partial charge in [-0.15, -0.1) is 24.8 Å². The first-order valence-electron chi connectivity index (χ1n) is 9.26. The number of benzene rings is 1. The molecular weight excluding hydrogens is 417 g/mol. The third kappa shape index (κ3) is 7.72. The van der Waals surface area contributed by atoms with Crippen LogP contribution >= 0.6 is 24.8 Å². The van der Waals surface area contributed by atoms with Crippen LogP contribution in [0.2, 0.25) is 0 Å². The first kappa shape index (κ1) is 27.0. The zero-order chi connectivity index (χ0) is 20.0. The lowest BCUT2D eigenvalue weighted by molar-refractivity contribution is -0.125. The summed E-state index contributed by atoms with van der Waals surface area (Å²) in [5.74, 6) is -1.02. The second-order valence-electron chi connectivity index (χ2n) is 7.22. The van der Waals surface area contributed by atoms with Gasteiger partial charge < -0.3 is 27.0 Å². The van der Waals surface area contributed by atoms with E-state index < -0.39 is 6.04 Å². The predicted molar refractivity (Wildman–Crippen MR) is 120 cm³/mol. The maximum absolute atomic E-state index is 12.2. The van der Waals surface area contributed by atoms with E-state index in [4.69, 9.17) is 11.5 Å². The quantitative estimate of drug-likeness (QED) is 0.499. The van der Waals surface area contributed by atoms with E-state index in [-0.39, 0.29) is 60.9 Å². The number of rotatable bonds is 7. The third-order valence-electron chi connectivity index (χ3n) is 4.86. The molecular formula is C19H31Cl2N5O3. The molecule has 1 atom stereocenters.